The molecule has 1 heterocycles. The number of nitrogens with one attached hydrogen (secondary N) is 1. The van der Waals surface area contributed by atoms with Crippen molar-refractivity contribution in [1.29, 1.82) is 0 Å². The van der Waals surface area contributed by atoms with Gasteiger partial charge in [-0.3, -0.25) is 0 Å². The van der Waals surface area contributed by atoms with Crippen LogP contribution in [0.15, 0.2) is 18.2 Å². The van der Waals surface area contributed by atoms with E-state index in [2.05, 4.69) is 35.5 Å². The quantitative estimate of drug-likeness (QED) is 0.834. The molecule has 1 N–H and O–H groups in total. The molecule has 1 fully saturated rings. The average Bonchev–Trinajstić information content (AvgIpc) is 3.11. The SMILES string of the molecule is CN1CCCc2ccc(CNC3CC3)cc21. The molecule has 2 heteroatoms. The van der Waals surface area contributed by atoms with Crippen LogP contribution in [-0.4, -0.2) is 19.6 Å². The van der Waals surface area contributed by atoms with Crippen molar-refractivity contribution in [1.82, 2.24) is 5.32 Å². The van der Waals surface area contributed by atoms with Gasteiger partial charge >= 0.3 is 0 Å². The number of fused-ring (bicyclic) bond motifs is 1. The van der Waals surface area contributed by atoms with E-state index in [4.69, 9.17) is 0 Å². The van der Waals surface area contributed by atoms with E-state index in [1.807, 2.05) is 0 Å². The summed E-state index contributed by atoms with van der Waals surface area (Å²) < 4.78 is 0. The fourth-order valence-corrected chi connectivity index (χ4v) is 2.46. The molecule has 3 rings (SSSR count). The van der Waals surface area contributed by atoms with E-state index in [1.54, 1.807) is 0 Å². The van der Waals surface area contributed by atoms with Crippen molar-refractivity contribution in [3.8, 4) is 0 Å². The van der Waals surface area contributed by atoms with Crippen LogP contribution in [0.1, 0.15) is 30.4 Å². The maximum atomic E-state index is 3.58. The Bertz CT molecular complexity index is 382. The van der Waals surface area contributed by atoms with E-state index in [0.717, 1.165) is 12.6 Å². The zero-order valence-corrected chi connectivity index (χ0v) is 10.00. The summed E-state index contributed by atoms with van der Waals surface area (Å²) in [5.74, 6) is 0. The predicted octanol–water partition coefficient (Wildman–Crippen LogP) is 2.32. The summed E-state index contributed by atoms with van der Waals surface area (Å²) in [6.45, 7) is 2.23. The van der Waals surface area contributed by atoms with Crippen LogP contribution < -0.4 is 10.2 Å². The standard InChI is InChI=1S/C14H20N2/c1-16-8-2-3-12-5-4-11(9-14(12)16)10-15-13-6-7-13/h4-5,9,13,15H,2-3,6-8,10H2,1H3. The Hall–Kier alpha value is -1.02. The number of aryl methyl sites for hydroxylation is 1. The molecule has 86 valence electrons. The molecule has 0 spiro atoms. The second-order valence-electron chi connectivity index (χ2n) is 5.14. The summed E-state index contributed by atoms with van der Waals surface area (Å²) in [4.78, 5) is 2.39. The number of benzene rings is 1. The molecule has 2 nitrogen and oxygen atoms in total. The Morgan fingerprint density at radius 2 is 2.25 bits per heavy atom. The molecule has 2 aliphatic rings. The summed E-state index contributed by atoms with van der Waals surface area (Å²) in [5, 5.41) is 3.58. The number of nitrogens with zero attached hydrogens (tertiary/aromatic N) is 1. The number of anilines is 1. The molecule has 0 amide bonds. The van der Waals surface area contributed by atoms with Crippen LogP contribution in [0.2, 0.25) is 0 Å². The van der Waals surface area contributed by atoms with Gasteiger partial charge in [0.2, 0.25) is 0 Å². The van der Waals surface area contributed by atoms with Crippen molar-refractivity contribution in [2.45, 2.75) is 38.3 Å². The summed E-state index contributed by atoms with van der Waals surface area (Å²) in [7, 11) is 2.20. The monoisotopic (exact) mass is 216 g/mol. The van der Waals surface area contributed by atoms with E-state index >= 15 is 0 Å². The minimum absolute atomic E-state index is 0.800. The fraction of sp³-hybridized carbons (Fsp3) is 0.571. The van der Waals surface area contributed by atoms with Crippen LogP contribution in [0.3, 0.4) is 0 Å². The first-order valence-electron chi connectivity index (χ1n) is 6.39. The van der Waals surface area contributed by atoms with Crippen molar-refractivity contribution < 1.29 is 0 Å². The minimum Gasteiger partial charge on any atom is -0.374 e. The van der Waals surface area contributed by atoms with Crippen LogP contribution in [0.5, 0.6) is 0 Å². The van der Waals surface area contributed by atoms with Gasteiger partial charge in [0.25, 0.3) is 0 Å². The molecule has 1 aromatic rings. The zero-order valence-electron chi connectivity index (χ0n) is 10.00. The maximum absolute atomic E-state index is 3.58. The number of rotatable bonds is 3. The lowest BCUT2D eigenvalue weighted by molar-refractivity contribution is 0.685. The van der Waals surface area contributed by atoms with Gasteiger partial charge in [0, 0.05) is 31.9 Å². The first-order chi connectivity index (χ1) is 7.83. The van der Waals surface area contributed by atoms with Crippen LogP contribution in [0.4, 0.5) is 5.69 Å². The molecule has 1 aromatic carbocycles. The molecule has 1 aliphatic carbocycles. The highest BCUT2D eigenvalue weighted by Crippen LogP contribution is 2.27. The molecule has 0 atom stereocenters. The number of hydrogen-bond acceptors (Lipinski definition) is 2. The summed E-state index contributed by atoms with van der Waals surface area (Å²) >= 11 is 0. The van der Waals surface area contributed by atoms with Gasteiger partial charge in [0.05, 0.1) is 0 Å². The normalized spacial score (nSPS) is 19.7. The third-order valence-electron chi connectivity index (χ3n) is 3.67. The smallest absolute Gasteiger partial charge is 0.0399 e. The van der Waals surface area contributed by atoms with Gasteiger partial charge in [-0.25, -0.2) is 0 Å². The lowest BCUT2D eigenvalue weighted by Gasteiger charge is -2.28. The van der Waals surface area contributed by atoms with Gasteiger partial charge in [-0.15, -0.1) is 0 Å². The lowest BCUT2D eigenvalue weighted by Crippen LogP contribution is -2.25. The van der Waals surface area contributed by atoms with Crippen LogP contribution in [-0.2, 0) is 13.0 Å². The summed E-state index contributed by atoms with van der Waals surface area (Å²) in [6.07, 6.45) is 5.27. The van der Waals surface area contributed by atoms with Crippen LogP contribution in [0, 0.1) is 0 Å². The third kappa shape index (κ3) is 2.07. The molecule has 0 saturated heterocycles. The summed E-state index contributed by atoms with van der Waals surface area (Å²) in [5.41, 5.74) is 4.39. The van der Waals surface area contributed by atoms with Gasteiger partial charge in [-0.1, -0.05) is 12.1 Å². The predicted molar refractivity (Wildman–Crippen MR) is 67.9 cm³/mol. The average molecular weight is 216 g/mol. The topological polar surface area (TPSA) is 15.3 Å². The molecule has 0 unspecified atom stereocenters. The lowest BCUT2D eigenvalue weighted by atomic mass is 10.00. The maximum Gasteiger partial charge on any atom is 0.0399 e. The van der Waals surface area contributed by atoms with Crippen LogP contribution in [0.25, 0.3) is 0 Å². The van der Waals surface area contributed by atoms with Gasteiger partial charge in [0.1, 0.15) is 0 Å². The highest BCUT2D eigenvalue weighted by atomic mass is 15.1. The molecule has 0 radical (unpaired) electrons. The van der Waals surface area contributed by atoms with E-state index in [0.29, 0.717) is 0 Å². The molecule has 16 heavy (non-hydrogen) atoms. The van der Waals surface area contributed by atoms with Gasteiger partial charge in [0.15, 0.2) is 0 Å². The highest BCUT2D eigenvalue weighted by molar-refractivity contribution is 5.56. The van der Waals surface area contributed by atoms with Gasteiger partial charge in [-0.05, 0) is 42.9 Å². The summed E-state index contributed by atoms with van der Waals surface area (Å²) in [6, 6.07) is 7.76. The second-order valence-corrected chi connectivity index (χ2v) is 5.14. The van der Waals surface area contributed by atoms with Crippen molar-refractivity contribution in [3.05, 3.63) is 29.3 Å². The Labute approximate surface area is 97.6 Å². The van der Waals surface area contributed by atoms with Crippen molar-refractivity contribution in [3.63, 3.8) is 0 Å². The first kappa shape index (κ1) is 10.2. The number of hydrogen-bond donors (Lipinski definition) is 1. The molecule has 0 bridgehead atoms. The van der Waals surface area contributed by atoms with E-state index in [9.17, 15) is 0 Å². The largest absolute Gasteiger partial charge is 0.374 e. The second kappa shape index (κ2) is 4.10. The van der Waals surface area contributed by atoms with E-state index in [-0.39, 0.29) is 0 Å². The molecule has 1 aliphatic heterocycles. The molecular weight excluding hydrogens is 196 g/mol. The van der Waals surface area contributed by atoms with E-state index in [1.165, 1.54) is 49.0 Å². The fourth-order valence-electron chi connectivity index (χ4n) is 2.46. The zero-order chi connectivity index (χ0) is 11.0. The Morgan fingerprint density at radius 1 is 1.38 bits per heavy atom. The van der Waals surface area contributed by atoms with Gasteiger partial charge in [-0.2, -0.15) is 0 Å². The Balaban J connectivity index is 1.76. The minimum atomic E-state index is 0.800. The molecule has 1 saturated carbocycles. The molecule has 0 aromatic heterocycles. The van der Waals surface area contributed by atoms with Crippen molar-refractivity contribution >= 4 is 5.69 Å². The van der Waals surface area contributed by atoms with Crippen molar-refractivity contribution in [2.75, 3.05) is 18.5 Å². The Kier molecular flexibility index (Phi) is 2.60. The molecular formula is C14H20N2. The first-order valence-corrected chi connectivity index (χ1v) is 6.39. The Morgan fingerprint density at radius 3 is 3.06 bits per heavy atom. The third-order valence-corrected chi connectivity index (χ3v) is 3.67. The highest BCUT2D eigenvalue weighted by Gasteiger charge is 2.20. The van der Waals surface area contributed by atoms with Gasteiger partial charge < -0.3 is 10.2 Å². The van der Waals surface area contributed by atoms with Crippen LogP contribution >= 0.6 is 0 Å². The van der Waals surface area contributed by atoms with Crippen molar-refractivity contribution in [2.24, 2.45) is 0 Å². The van der Waals surface area contributed by atoms with E-state index < -0.39 is 0 Å².